The number of halogens is 1. The van der Waals surface area contributed by atoms with Gasteiger partial charge in [-0.1, -0.05) is 23.7 Å². The van der Waals surface area contributed by atoms with Gasteiger partial charge in [0, 0.05) is 17.5 Å². The summed E-state index contributed by atoms with van der Waals surface area (Å²) >= 11 is 6.07. The molecule has 0 bridgehead atoms. The van der Waals surface area contributed by atoms with Crippen molar-refractivity contribution < 1.29 is 14.3 Å². The van der Waals surface area contributed by atoms with Crippen LogP contribution in [0.2, 0.25) is 5.02 Å². The van der Waals surface area contributed by atoms with Gasteiger partial charge in [0.05, 0.1) is 23.3 Å². The first-order chi connectivity index (χ1) is 13.0. The van der Waals surface area contributed by atoms with Gasteiger partial charge in [0.25, 0.3) is 5.91 Å². The van der Waals surface area contributed by atoms with E-state index in [4.69, 9.17) is 21.1 Å². The molecule has 27 heavy (non-hydrogen) atoms. The number of nitrogens with zero attached hydrogens (tertiary/aromatic N) is 2. The normalized spacial score (nSPS) is 15.6. The van der Waals surface area contributed by atoms with E-state index in [9.17, 15) is 4.79 Å². The van der Waals surface area contributed by atoms with Crippen LogP contribution < -0.4 is 9.47 Å². The van der Waals surface area contributed by atoms with Gasteiger partial charge in [-0.2, -0.15) is 0 Å². The number of benzene rings is 2. The molecule has 0 N–H and O–H groups in total. The van der Waals surface area contributed by atoms with Gasteiger partial charge in [-0.15, -0.1) is 0 Å². The third kappa shape index (κ3) is 3.55. The quantitative estimate of drug-likeness (QED) is 0.684. The zero-order valence-electron chi connectivity index (χ0n) is 15.1. The lowest BCUT2D eigenvalue weighted by atomic mass is 10.1. The number of hydrogen-bond acceptors (Lipinski definition) is 4. The molecule has 0 radical (unpaired) electrons. The maximum absolute atomic E-state index is 13.0. The Morgan fingerprint density at radius 3 is 2.81 bits per heavy atom. The lowest BCUT2D eigenvalue weighted by Crippen LogP contribution is -2.42. The van der Waals surface area contributed by atoms with Gasteiger partial charge in [-0.05, 0) is 43.3 Å². The zero-order valence-corrected chi connectivity index (χ0v) is 15.9. The Morgan fingerprint density at radius 2 is 2.00 bits per heavy atom. The minimum Gasteiger partial charge on any atom is -0.486 e. The van der Waals surface area contributed by atoms with E-state index in [1.807, 2.05) is 49.4 Å². The highest BCUT2D eigenvalue weighted by Crippen LogP contribution is 2.31. The fourth-order valence-corrected chi connectivity index (χ4v) is 3.39. The fourth-order valence-electron chi connectivity index (χ4n) is 3.21. The van der Waals surface area contributed by atoms with Crippen LogP contribution in [0.4, 0.5) is 0 Å². The third-order valence-electron chi connectivity index (χ3n) is 4.59. The number of para-hydroxylation sites is 2. The molecule has 0 saturated carbocycles. The van der Waals surface area contributed by atoms with E-state index in [1.165, 1.54) is 0 Å². The second-order valence-electron chi connectivity index (χ2n) is 6.64. The summed E-state index contributed by atoms with van der Waals surface area (Å²) < 4.78 is 11.7. The molecule has 4 rings (SSSR count). The molecule has 2 heterocycles. The largest absolute Gasteiger partial charge is 0.486 e. The summed E-state index contributed by atoms with van der Waals surface area (Å²) in [6.45, 7) is 2.66. The molecule has 0 fully saturated rings. The van der Waals surface area contributed by atoms with Crippen LogP contribution in [-0.4, -0.2) is 42.1 Å². The molecule has 1 unspecified atom stereocenters. The molecule has 1 aromatic heterocycles. The van der Waals surface area contributed by atoms with Gasteiger partial charge in [-0.25, -0.2) is 0 Å². The van der Waals surface area contributed by atoms with Gasteiger partial charge in [0.2, 0.25) is 0 Å². The molecular weight excluding hydrogens is 364 g/mol. The van der Waals surface area contributed by atoms with Crippen molar-refractivity contribution in [2.45, 2.75) is 13.0 Å². The number of ether oxygens (including phenoxy) is 2. The number of rotatable bonds is 3. The van der Waals surface area contributed by atoms with E-state index >= 15 is 0 Å². The van der Waals surface area contributed by atoms with Gasteiger partial charge >= 0.3 is 0 Å². The number of aromatic nitrogens is 1. The number of aryl methyl sites for hydroxylation is 1. The predicted octanol–water partition coefficient (Wildman–Crippen LogP) is 4.11. The maximum atomic E-state index is 13.0. The summed E-state index contributed by atoms with van der Waals surface area (Å²) in [5.74, 6) is 1.33. The molecule has 3 aromatic rings. The molecule has 0 spiro atoms. The van der Waals surface area contributed by atoms with Gasteiger partial charge in [0.15, 0.2) is 17.6 Å². The van der Waals surface area contributed by atoms with Crippen molar-refractivity contribution >= 4 is 28.4 Å². The zero-order chi connectivity index (χ0) is 19.0. The smallest absolute Gasteiger partial charge is 0.255 e. The van der Waals surface area contributed by atoms with Crippen molar-refractivity contribution in [2.75, 3.05) is 20.2 Å². The molecular formula is C21H19ClN2O3. The van der Waals surface area contributed by atoms with E-state index in [1.54, 1.807) is 18.0 Å². The first-order valence-corrected chi connectivity index (χ1v) is 9.10. The lowest BCUT2D eigenvalue weighted by Gasteiger charge is -2.29. The average molecular weight is 383 g/mol. The highest BCUT2D eigenvalue weighted by atomic mass is 35.5. The van der Waals surface area contributed by atoms with Crippen molar-refractivity contribution in [1.29, 1.82) is 0 Å². The molecule has 6 heteroatoms. The van der Waals surface area contributed by atoms with Gasteiger partial charge in [0.1, 0.15) is 6.61 Å². The van der Waals surface area contributed by atoms with Crippen LogP contribution in [0, 0.1) is 6.92 Å². The number of carbonyl (C=O) groups excluding carboxylic acids is 1. The van der Waals surface area contributed by atoms with Crippen molar-refractivity contribution in [2.24, 2.45) is 0 Å². The van der Waals surface area contributed by atoms with Crippen LogP contribution in [0.15, 0.2) is 48.5 Å². The number of fused-ring (bicyclic) bond motifs is 2. The highest BCUT2D eigenvalue weighted by molar-refractivity contribution is 6.31. The first-order valence-electron chi connectivity index (χ1n) is 8.72. The van der Waals surface area contributed by atoms with Crippen molar-refractivity contribution in [3.63, 3.8) is 0 Å². The Morgan fingerprint density at radius 1 is 1.22 bits per heavy atom. The molecule has 1 atom stereocenters. The van der Waals surface area contributed by atoms with Crippen LogP contribution in [-0.2, 0) is 0 Å². The standard InChI is InChI=1S/C21H19ClN2O3/c1-13-17(10-14-9-15(22)7-8-18(14)23-13)21(25)24(2)11-16-12-26-19-5-3-4-6-20(19)27-16/h3-10,16H,11-12H2,1-2H3. The average Bonchev–Trinajstić information content (AvgIpc) is 2.67. The third-order valence-corrected chi connectivity index (χ3v) is 4.82. The van der Waals surface area contributed by atoms with Crippen molar-refractivity contribution in [3.05, 3.63) is 64.8 Å². The lowest BCUT2D eigenvalue weighted by molar-refractivity contribution is 0.0520. The summed E-state index contributed by atoms with van der Waals surface area (Å²) in [7, 11) is 1.76. The van der Waals surface area contributed by atoms with Crippen LogP contribution in [0.25, 0.3) is 10.9 Å². The van der Waals surface area contributed by atoms with Crippen molar-refractivity contribution in [3.8, 4) is 11.5 Å². The minimum atomic E-state index is -0.225. The van der Waals surface area contributed by atoms with E-state index in [0.29, 0.717) is 35.2 Å². The molecule has 1 aliphatic rings. The Hall–Kier alpha value is -2.79. The molecule has 1 amide bonds. The van der Waals surface area contributed by atoms with E-state index in [2.05, 4.69) is 4.98 Å². The molecule has 1 aliphatic heterocycles. The summed E-state index contributed by atoms with van der Waals surface area (Å²) in [5.41, 5.74) is 2.06. The van der Waals surface area contributed by atoms with Crippen molar-refractivity contribution in [1.82, 2.24) is 9.88 Å². The Balaban J connectivity index is 1.52. The SMILES string of the molecule is Cc1nc2ccc(Cl)cc2cc1C(=O)N(C)CC1COc2ccccc2O1. The second-order valence-corrected chi connectivity index (χ2v) is 7.08. The van der Waals surface area contributed by atoms with Crippen LogP contribution in [0.5, 0.6) is 11.5 Å². The number of carbonyl (C=O) groups is 1. The minimum absolute atomic E-state index is 0.107. The Kier molecular flexibility index (Phi) is 4.62. The first kappa shape index (κ1) is 17.6. The van der Waals surface area contributed by atoms with Crippen LogP contribution in [0.1, 0.15) is 16.1 Å². The molecule has 0 aliphatic carbocycles. The highest BCUT2D eigenvalue weighted by Gasteiger charge is 2.25. The predicted molar refractivity (Wildman–Crippen MR) is 105 cm³/mol. The molecule has 138 valence electrons. The van der Waals surface area contributed by atoms with Gasteiger partial charge in [-0.3, -0.25) is 9.78 Å². The number of hydrogen-bond donors (Lipinski definition) is 0. The maximum Gasteiger partial charge on any atom is 0.255 e. The fraction of sp³-hybridized carbons (Fsp3) is 0.238. The topological polar surface area (TPSA) is 51.7 Å². The molecule has 2 aromatic carbocycles. The number of amides is 1. The van der Waals surface area contributed by atoms with Crippen LogP contribution >= 0.6 is 11.6 Å². The van der Waals surface area contributed by atoms with Crippen LogP contribution in [0.3, 0.4) is 0 Å². The Labute approximate surface area is 162 Å². The van der Waals surface area contributed by atoms with E-state index in [0.717, 1.165) is 16.7 Å². The summed E-state index contributed by atoms with van der Waals surface area (Å²) in [6.07, 6.45) is -0.225. The summed E-state index contributed by atoms with van der Waals surface area (Å²) in [4.78, 5) is 19.1. The van der Waals surface area contributed by atoms with Gasteiger partial charge < -0.3 is 14.4 Å². The summed E-state index contributed by atoms with van der Waals surface area (Å²) in [6, 6.07) is 14.8. The number of likely N-dealkylation sites (N-methyl/N-ethyl adjacent to an activating group) is 1. The number of pyridine rings is 1. The molecule has 0 saturated heterocycles. The molecule has 5 nitrogen and oxygen atoms in total. The Bertz CT molecular complexity index is 1020. The monoisotopic (exact) mass is 382 g/mol. The second kappa shape index (κ2) is 7.08. The van der Waals surface area contributed by atoms with E-state index in [-0.39, 0.29) is 12.0 Å². The summed E-state index contributed by atoms with van der Waals surface area (Å²) in [5, 5.41) is 1.46. The van der Waals surface area contributed by atoms with E-state index < -0.39 is 0 Å².